The lowest BCUT2D eigenvalue weighted by Crippen LogP contribution is -2.12. The Morgan fingerprint density at radius 2 is 1.54 bits per heavy atom. The molecule has 1 saturated heterocycles. The van der Waals surface area contributed by atoms with Crippen LogP contribution >= 0.6 is 0 Å². The third-order valence-corrected chi connectivity index (χ3v) is 4.67. The van der Waals surface area contributed by atoms with E-state index in [9.17, 15) is 17.6 Å². The van der Waals surface area contributed by atoms with Crippen LogP contribution in [0, 0.1) is 5.82 Å². The van der Waals surface area contributed by atoms with Gasteiger partial charge in [0.15, 0.2) is 0 Å². The maximum Gasteiger partial charge on any atom is 0.334 e. The molecule has 0 saturated carbocycles. The predicted molar refractivity (Wildman–Crippen MR) is 85.8 cm³/mol. The fraction of sp³-hybridized carbons (Fsp3) is 0.118. The smallest absolute Gasteiger partial charge is 0.334 e. The van der Waals surface area contributed by atoms with Gasteiger partial charge in [0.25, 0.3) is 0 Å². The molecule has 2 N–H and O–H groups in total. The van der Waals surface area contributed by atoms with Crippen LogP contribution in [0.4, 0.5) is 4.39 Å². The van der Waals surface area contributed by atoms with E-state index in [-0.39, 0.29) is 17.3 Å². The van der Waals surface area contributed by atoms with Crippen molar-refractivity contribution in [3.63, 3.8) is 0 Å². The van der Waals surface area contributed by atoms with Gasteiger partial charge in [-0.1, -0.05) is 24.3 Å². The highest BCUT2D eigenvalue weighted by atomic mass is 32.2. The van der Waals surface area contributed by atoms with Crippen LogP contribution in [0.3, 0.4) is 0 Å². The first kappa shape index (κ1) is 16.4. The van der Waals surface area contributed by atoms with Crippen LogP contribution in [-0.2, 0) is 19.6 Å². The van der Waals surface area contributed by atoms with Crippen molar-refractivity contribution in [1.82, 2.24) is 0 Å². The molecule has 1 aliphatic heterocycles. The van der Waals surface area contributed by atoms with Crippen molar-refractivity contribution in [3.8, 4) is 0 Å². The minimum absolute atomic E-state index is 0.0243. The molecule has 0 aromatic heterocycles. The molecule has 0 atom stereocenters. The summed E-state index contributed by atoms with van der Waals surface area (Å²) in [4.78, 5) is 12.0. The van der Waals surface area contributed by atoms with Crippen LogP contribution in [0.15, 0.2) is 59.0 Å². The molecular weight excluding hydrogens is 333 g/mol. The van der Waals surface area contributed by atoms with Gasteiger partial charge in [0.2, 0.25) is 10.0 Å². The van der Waals surface area contributed by atoms with Gasteiger partial charge in [-0.25, -0.2) is 22.7 Å². The first-order chi connectivity index (χ1) is 11.4. The molecule has 1 heterocycles. The minimum atomic E-state index is -3.80. The minimum Gasteiger partial charge on any atom is -0.462 e. The van der Waals surface area contributed by atoms with Gasteiger partial charge in [-0.15, -0.1) is 0 Å². The highest BCUT2D eigenvalue weighted by molar-refractivity contribution is 7.89. The average molecular weight is 347 g/mol. The fourth-order valence-electron chi connectivity index (χ4n) is 2.60. The van der Waals surface area contributed by atoms with E-state index in [4.69, 9.17) is 9.88 Å². The number of nitrogens with two attached hydrogens (primary N) is 1. The van der Waals surface area contributed by atoms with Crippen molar-refractivity contribution in [2.24, 2.45) is 5.14 Å². The number of halogens is 1. The van der Waals surface area contributed by atoms with Crippen molar-refractivity contribution in [3.05, 3.63) is 71.0 Å². The summed E-state index contributed by atoms with van der Waals surface area (Å²) in [5.74, 6) is -0.813. The molecule has 0 aliphatic carbocycles. The van der Waals surface area contributed by atoms with Crippen molar-refractivity contribution in [2.45, 2.75) is 11.3 Å². The molecule has 7 heteroatoms. The van der Waals surface area contributed by atoms with Crippen molar-refractivity contribution in [1.29, 1.82) is 0 Å². The van der Waals surface area contributed by atoms with Gasteiger partial charge >= 0.3 is 5.97 Å². The van der Waals surface area contributed by atoms with E-state index in [0.717, 1.165) is 0 Å². The summed E-state index contributed by atoms with van der Waals surface area (Å²) in [5.41, 5.74) is 2.35. The Kier molecular flexibility index (Phi) is 4.21. The molecule has 24 heavy (non-hydrogen) atoms. The number of esters is 1. The van der Waals surface area contributed by atoms with Crippen molar-refractivity contribution >= 4 is 21.6 Å². The van der Waals surface area contributed by atoms with Crippen molar-refractivity contribution < 1.29 is 22.3 Å². The lowest BCUT2D eigenvalue weighted by Gasteiger charge is -2.11. The molecule has 0 unspecified atom stereocenters. The molecule has 1 fully saturated rings. The fourth-order valence-corrected chi connectivity index (χ4v) is 3.12. The summed E-state index contributed by atoms with van der Waals surface area (Å²) in [6.07, 6.45) is 0.433. The SMILES string of the molecule is NS(=O)(=O)c1ccc(/C(=C2\CCOC2=O)c2ccc(F)cc2)cc1. The normalized spacial score (nSPS) is 16.8. The predicted octanol–water partition coefficient (Wildman–Crippen LogP) is 2.22. The zero-order chi connectivity index (χ0) is 17.3. The van der Waals surface area contributed by atoms with Gasteiger partial charge < -0.3 is 4.74 Å². The van der Waals surface area contributed by atoms with E-state index in [1.54, 1.807) is 24.3 Å². The Balaban J connectivity index is 2.16. The van der Waals surface area contributed by atoms with Gasteiger partial charge in [0, 0.05) is 12.0 Å². The Morgan fingerprint density at radius 3 is 2.00 bits per heavy atom. The molecule has 0 spiro atoms. The molecule has 0 bridgehead atoms. The standard InChI is InChI=1S/C17H14FNO4S/c18-13-5-1-11(2-6-13)16(15-9-10-23-17(15)20)12-3-7-14(8-4-12)24(19,21)22/h1-8H,9-10H2,(H2,19,21,22)/b16-15+. The number of rotatable bonds is 3. The van der Waals surface area contributed by atoms with E-state index < -0.39 is 16.0 Å². The third kappa shape index (κ3) is 3.22. The second-order valence-corrected chi connectivity index (χ2v) is 6.88. The third-order valence-electron chi connectivity index (χ3n) is 3.74. The second kappa shape index (κ2) is 6.18. The van der Waals surface area contributed by atoms with Gasteiger partial charge in [-0.2, -0.15) is 0 Å². The second-order valence-electron chi connectivity index (χ2n) is 5.32. The van der Waals surface area contributed by atoms with E-state index >= 15 is 0 Å². The summed E-state index contributed by atoms with van der Waals surface area (Å²) in [6, 6.07) is 11.6. The maximum absolute atomic E-state index is 13.2. The Labute approximate surface area is 138 Å². The van der Waals surface area contributed by atoms with Gasteiger partial charge in [-0.05, 0) is 41.0 Å². The maximum atomic E-state index is 13.2. The van der Waals surface area contributed by atoms with Gasteiger partial charge in [-0.3, -0.25) is 0 Å². The monoisotopic (exact) mass is 347 g/mol. The summed E-state index contributed by atoms with van der Waals surface area (Å²) in [7, 11) is -3.80. The largest absolute Gasteiger partial charge is 0.462 e. The van der Waals surface area contributed by atoms with Crippen LogP contribution < -0.4 is 5.14 Å². The number of benzene rings is 2. The molecule has 0 radical (unpaired) electrons. The molecular formula is C17H14FNO4S. The molecule has 3 rings (SSSR count). The topological polar surface area (TPSA) is 86.5 Å². The van der Waals surface area contributed by atoms with E-state index in [0.29, 0.717) is 28.7 Å². The number of cyclic esters (lactones) is 1. The number of carbonyl (C=O) groups excluding carboxylic acids is 1. The van der Waals surface area contributed by atoms with Crippen LogP contribution in [-0.4, -0.2) is 21.0 Å². The number of hydrogen-bond acceptors (Lipinski definition) is 4. The molecule has 1 aliphatic rings. The molecule has 5 nitrogen and oxygen atoms in total. The highest BCUT2D eigenvalue weighted by Gasteiger charge is 2.25. The number of sulfonamides is 1. The van der Waals surface area contributed by atoms with Crippen LogP contribution in [0.5, 0.6) is 0 Å². The number of ether oxygens (including phenoxy) is 1. The zero-order valence-electron chi connectivity index (χ0n) is 12.5. The molecule has 2 aromatic rings. The first-order valence-electron chi connectivity index (χ1n) is 7.16. The van der Waals surface area contributed by atoms with E-state index in [1.807, 2.05) is 0 Å². The van der Waals surface area contributed by atoms with E-state index in [2.05, 4.69) is 0 Å². The van der Waals surface area contributed by atoms with Crippen LogP contribution in [0.2, 0.25) is 0 Å². The van der Waals surface area contributed by atoms with E-state index in [1.165, 1.54) is 24.3 Å². The summed E-state index contributed by atoms with van der Waals surface area (Å²) < 4.78 is 41.0. The molecule has 124 valence electrons. The van der Waals surface area contributed by atoms with Crippen LogP contribution in [0.25, 0.3) is 5.57 Å². The summed E-state index contributed by atoms with van der Waals surface area (Å²) in [5, 5.41) is 5.10. The zero-order valence-corrected chi connectivity index (χ0v) is 13.3. The Bertz CT molecular complexity index is 916. The van der Waals surface area contributed by atoms with Crippen molar-refractivity contribution in [2.75, 3.05) is 6.61 Å². The Hall–Kier alpha value is -2.51. The summed E-state index contributed by atoms with van der Waals surface area (Å²) in [6.45, 7) is 0.286. The number of hydrogen-bond donors (Lipinski definition) is 1. The number of carbonyl (C=O) groups is 1. The lowest BCUT2D eigenvalue weighted by atomic mass is 9.92. The first-order valence-corrected chi connectivity index (χ1v) is 8.70. The Morgan fingerprint density at radius 1 is 1.00 bits per heavy atom. The molecule has 0 amide bonds. The molecule has 2 aromatic carbocycles. The van der Waals surface area contributed by atoms with Gasteiger partial charge in [0.05, 0.1) is 11.5 Å². The highest BCUT2D eigenvalue weighted by Crippen LogP contribution is 2.32. The van der Waals surface area contributed by atoms with Gasteiger partial charge in [0.1, 0.15) is 5.82 Å². The van der Waals surface area contributed by atoms with Crippen LogP contribution in [0.1, 0.15) is 17.5 Å². The quantitative estimate of drug-likeness (QED) is 0.681. The average Bonchev–Trinajstić information content (AvgIpc) is 2.95. The number of primary sulfonamides is 1. The summed E-state index contributed by atoms with van der Waals surface area (Å²) >= 11 is 0. The lowest BCUT2D eigenvalue weighted by molar-refractivity contribution is -0.135.